The molecule has 0 bridgehead atoms. The monoisotopic (exact) mass is 1550 g/mol. The maximum Gasteiger partial charge on any atom is 0.490 e. The second-order valence-electron chi connectivity index (χ2n) is 28.8. The second-order valence-corrected chi connectivity index (χ2v) is 29.5. The number of piperidine rings is 2. The third-order valence-corrected chi connectivity index (χ3v) is 18.2. The van der Waals surface area contributed by atoms with Crippen molar-refractivity contribution in [2.24, 2.45) is 0 Å². The fourth-order valence-electron chi connectivity index (χ4n) is 11.9. The number of halogens is 1. The van der Waals surface area contributed by atoms with Crippen LogP contribution in [0.3, 0.4) is 0 Å². The molecule has 3 fully saturated rings. The number of aliphatic hydroxyl groups is 1. The number of likely N-dealkylation sites (tertiary alicyclic amines) is 1. The van der Waals surface area contributed by atoms with Gasteiger partial charge in [-0.25, -0.2) is 19.4 Å². The molecule has 102 heavy (non-hydrogen) atoms. The minimum absolute atomic E-state index is 0. The van der Waals surface area contributed by atoms with Crippen molar-refractivity contribution in [2.45, 2.75) is 190 Å². The van der Waals surface area contributed by atoms with Crippen molar-refractivity contribution in [3.63, 3.8) is 0 Å². The molecule has 9 heterocycles. The van der Waals surface area contributed by atoms with E-state index in [2.05, 4.69) is 126 Å². The maximum absolute atomic E-state index is 12.2. The van der Waals surface area contributed by atoms with Gasteiger partial charge in [0.15, 0.2) is 0 Å². The first-order valence-electron chi connectivity index (χ1n) is 35.4. The van der Waals surface area contributed by atoms with Crippen molar-refractivity contribution in [2.75, 3.05) is 59.5 Å². The predicted octanol–water partition coefficient (Wildman–Crippen LogP) is 19.2. The van der Waals surface area contributed by atoms with Crippen LogP contribution in [-0.4, -0.2) is 153 Å². The van der Waals surface area contributed by atoms with E-state index in [9.17, 15) is 14.4 Å². The van der Waals surface area contributed by atoms with Gasteiger partial charge in [0.25, 0.3) is 0 Å². The summed E-state index contributed by atoms with van der Waals surface area (Å²) in [6.07, 6.45) is 16.7. The largest absolute Gasteiger partial charge is 0.490 e. The van der Waals surface area contributed by atoms with E-state index in [0.717, 1.165) is 91.2 Å². The molecule has 4 aromatic heterocycles. The van der Waals surface area contributed by atoms with E-state index in [0.29, 0.717) is 44.9 Å². The van der Waals surface area contributed by atoms with E-state index < -0.39 is 16.8 Å². The van der Waals surface area contributed by atoms with Gasteiger partial charge in [0.2, 0.25) is 0 Å². The molecule has 5 aliphatic heterocycles. The molecular weight excluding hydrogens is 1440 g/mol. The molecule has 4 aromatic carbocycles. The van der Waals surface area contributed by atoms with E-state index in [1.165, 1.54) is 56.4 Å². The molecule has 2 N–H and O–H groups in total. The summed E-state index contributed by atoms with van der Waals surface area (Å²) >= 11 is 3.39. The Morgan fingerprint density at radius 1 is 0.539 bits per heavy atom. The topological polar surface area (TPSA) is 191 Å². The number of carbonyl (C=O) groups excluding carboxylic acids is 3. The quantitative estimate of drug-likeness (QED) is 0.0732. The number of aliphatic hydroxyl groups excluding tert-OH is 1. The van der Waals surface area contributed by atoms with Crippen LogP contribution in [-0.2, 0) is 43.9 Å². The van der Waals surface area contributed by atoms with E-state index >= 15 is 0 Å². The van der Waals surface area contributed by atoms with Crippen LogP contribution in [0.4, 0.5) is 14.4 Å². The zero-order valence-corrected chi connectivity index (χ0v) is 65.5. The Morgan fingerprint density at radius 2 is 0.902 bits per heavy atom. The van der Waals surface area contributed by atoms with Crippen LogP contribution in [0.15, 0.2) is 168 Å². The summed E-state index contributed by atoms with van der Waals surface area (Å²) in [6, 6.07) is 41.5. The van der Waals surface area contributed by atoms with E-state index in [1.807, 2.05) is 162 Å². The Balaban J connectivity index is 0.000000271. The number of nitrogens with one attached hydrogen (secondary N) is 1. The Kier molecular flexibility index (Phi) is 33.7. The fourth-order valence-corrected chi connectivity index (χ4v) is 12.4. The van der Waals surface area contributed by atoms with Gasteiger partial charge in [-0.15, -0.1) is 0 Å². The van der Waals surface area contributed by atoms with Crippen molar-refractivity contribution in [1.82, 2.24) is 40.0 Å². The molecule has 20 heteroatoms. The molecule has 0 aliphatic carbocycles. The number of hydrogen-bond donors (Lipinski definition) is 2. The van der Waals surface area contributed by atoms with E-state index in [-0.39, 0.29) is 71.9 Å². The van der Waals surface area contributed by atoms with Gasteiger partial charge in [0.05, 0.1) is 28.3 Å². The Labute approximate surface area is 632 Å². The van der Waals surface area contributed by atoms with Gasteiger partial charge in [-0.2, -0.15) is 0 Å². The summed E-state index contributed by atoms with van der Waals surface area (Å²) in [5.74, 6) is 1.03. The summed E-state index contributed by atoms with van der Waals surface area (Å²) in [6.45, 7) is 33.5. The summed E-state index contributed by atoms with van der Waals surface area (Å²) in [5.41, 5.74) is 3.75. The molecule has 0 radical (unpaired) electrons. The standard InChI is InChI=1S/C19H24N2O2.C19H22N2O2.C16H28BNO4.C14H16N2.C9H6BrN.C2H6.CH4O.CH4.CH3.Pd/c2*1-19(2,3)23-18(22)21-12-9-15(10-13-21)17-16-7-5-4-6-14(16)8-11-20-17;1-14(2,3)20-13(19)18-10-8-12(9-11-18)17-21-15(4,5)16(6,7)22-17;1-2-4-13-11(3-1)7-10-16-14(13)12-5-8-15-9-6-12;10-9-8-4-2-1-3-7(8)5-6-11-9;2*1-2;;;/h4-8,11,15H,9-10,12-13H2,1-3H3;4-9,11H,10,12-13H2,1-3H3;8H,9-11H2,1-7H3;1-4,7,10,12,15H,5-6,8-9H2;1-6H;1-2H3;2H,1H3;1H4;1H3;/q;;;;;;;;-1;/i;;;;;1D;;;;. The van der Waals surface area contributed by atoms with Crippen molar-refractivity contribution in [3.05, 3.63) is 193 Å². The van der Waals surface area contributed by atoms with Crippen molar-refractivity contribution in [1.29, 1.82) is 0 Å². The molecular formula is C82H113BBrN8O9Pd-. The van der Waals surface area contributed by atoms with Crippen LogP contribution in [0, 0.1) is 7.43 Å². The van der Waals surface area contributed by atoms with Gasteiger partial charge in [-0.1, -0.05) is 130 Å². The third kappa shape index (κ3) is 25.0. The average Bonchev–Trinajstić information content (AvgIpc) is 1.70. The Bertz CT molecular complexity index is 4000. The number of nitrogens with zero attached hydrogens (tertiary/aromatic N) is 7. The number of aromatic nitrogens is 4. The van der Waals surface area contributed by atoms with E-state index in [4.69, 9.17) is 30.0 Å². The Hall–Kier alpha value is -7.14. The SMILES string of the molecule is Brc1nccc2ccccc12.C.CC(C)(C)OC(=O)N1CC=C(B2OC(C)(C)C(C)(C)O2)CC1.CC(C)(C)OC(=O)N1CC=C(c2nccc3ccccc23)CC1.CC(C)(C)OC(=O)N1CCC(c2nccc3ccccc23)CC1.CO.[2H]CC.[CH3-].[Pd].c1ccc2c(C3CCNCC3)nccc2c1. The van der Waals surface area contributed by atoms with Gasteiger partial charge >= 0.3 is 25.4 Å². The minimum Gasteiger partial charge on any atom is -0.444 e. The average molecular weight is 1550 g/mol. The molecule has 0 atom stereocenters. The first-order chi connectivity index (χ1) is 47.5. The van der Waals surface area contributed by atoms with Crippen molar-refractivity contribution >= 4 is 90.0 Å². The van der Waals surface area contributed by atoms with Crippen LogP contribution in [0.5, 0.6) is 0 Å². The maximum atomic E-state index is 12.2. The van der Waals surface area contributed by atoms with Gasteiger partial charge in [-0.3, -0.25) is 15.0 Å². The predicted molar refractivity (Wildman–Crippen MR) is 419 cm³/mol. The molecule has 17 nitrogen and oxygen atoms in total. The molecule has 3 saturated heterocycles. The number of rotatable bonds is 4. The van der Waals surface area contributed by atoms with Crippen LogP contribution < -0.4 is 5.32 Å². The van der Waals surface area contributed by atoms with Crippen LogP contribution in [0.2, 0.25) is 0 Å². The zero-order chi connectivity index (χ0) is 72.8. The number of pyridine rings is 4. The van der Waals surface area contributed by atoms with E-state index in [1.54, 1.807) is 22.9 Å². The first kappa shape index (κ1) is 85.5. The van der Waals surface area contributed by atoms with Gasteiger partial charge < -0.3 is 56.1 Å². The summed E-state index contributed by atoms with van der Waals surface area (Å²) < 4.78 is 35.5. The second kappa shape index (κ2) is 40.2. The summed E-state index contributed by atoms with van der Waals surface area (Å²) in [7, 11) is 0.686. The molecule has 5 aliphatic rings. The molecule has 13 rings (SSSR count). The summed E-state index contributed by atoms with van der Waals surface area (Å²) in [5, 5.41) is 20.2. The number of amides is 3. The number of ether oxygens (including phenoxy) is 3. The fraction of sp³-hybridized carbons (Fsp3) is 0.463. The zero-order valence-electron chi connectivity index (χ0n) is 63.4. The number of hydrogen-bond acceptors (Lipinski definition) is 14. The Morgan fingerprint density at radius 3 is 1.31 bits per heavy atom. The molecule has 8 aromatic rings. The van der Waals surface area contributed by atoms with Gasteiger partial charge in [-0.05, 0) is 214 Å². The normalized spacial score (nSPS) is 16.6. The van der Waals surface area contributed by atoms with Crippen molar-refractivity contribution in [3.8, 4) is 0 Å². The molecule has 0 spiro atoms. The number of fused-ring (bicyclic) bond motifs is 4. The van der Waals surface area contributed by atoms with Crippen LogP contribution in [0.25, 0.3) is 48.7 Å². The first-order valence-corrected chi connectivity index (χ1v) is 35.5. The summed E-state index contributed by atoms with van der Waals surface area (Å²) in [4.78, 5) is 59.5. The van der Waals surface area contributed by atoms with Crippen LogP contribution >= 0.6 is 15.9 Å². The van der Waals surface area contributed by atoms with Gasteiger partial charge in [0, 0.05) is 126 Å². The molecule has 0 saturated carbocycles. The van der Waals surface area contributed by atoms with Crippen LogP contribution in [0.1, 0.15) is 180 Å². The smallest absolute Gasteiger partial charge is 0.444 e. The molecule has 556 valence electrons. The van der Waals surface area contributed by atoms with Crippen molar-refractivity contribution < 1.29 is 64.8 Å². The number of carbonyl (C=O) groups is 3. The minimum atomic E-state index is -0.465. The molecule has 3 amide bonds. The number of benzene rings is 4. The molecule has 0 unspecified atom stereocenters. The third-order valence-electron chi connectivity index (χ3n) is 17.6. The van der Waals surface area contributed by atoms with Gasteiger partial charge in [0.1, 0.15) is 21.4 Å².